The summed E-state index contributed by atoms with van der Waals surface area (Å²) in [5, 5.41) is 7.12. The average Bonchev–Trinajstić information content (AvgIpc) is 3.80. The van der Waals surface area contributed by atoms with E-state index in [4.69, 9.17) is 20.9 Å². The summed E-state index contributed by atoms with van der Waals surface area (Å²) in [4.78, 5) is 52.2. The van der Waals surface area contributed by atoms with Crippen LogP contribution >= 0.6 is 0 Å². The molecule has 6 rings (SSSR count). The summed E-state index contributed by atoms with van der Waals surface area (Å²) in [7, 11) is 0. The molecule has 256 valence electrons. The molecule has 4 aromatic carbocycles. The minimum absolute atomic E-state index is 0.483. The molecule has 2 heterocycles. The zero-order valence-electron chi connectivity index (χ0n) is 27.4. The standard InChI is InChI=1S/C40H40N4O6/c41-37(47)35(31-23-25-43-39(31,27-13-5-1-6-14-27)28-15-7-2-8-16-28)49-33(45)21-22-34(46)50-36(38(42)48)32-24-26-44-40(32,29-17-9-3-10-18-29)30-19-11-4-12-20-30/h1-22,31-32,35-36,43-44H,23-26H2,(H2,41,47)(H2,42,48)/b22-21-. The Hall–Kier alpha value is -5.58. The zero-order valence-corrected chi connectivity index (χ0v) is 27.4. The van der Waals surface area contributed by atoms with Crippen molar-refractivity contribution in [2.24, 2.45) is 23.3 Å². The van der Waals surface area contributed by atoms with Crippen molar-refractivity contribution < 1.29 is 28.7 Å². The number of nitrogens with two attached hydrogens (primary N) is 2. The van der Waals surface area contributed by atoms with Gasteiger partial charge in [-0.25, -0.2) is 9.59 Å². The molecule has 2 amide bonds. The molecule has 2 saturated heterocycles. The van der Waals surface area contributed by atoms with E-state index >= 15 is 0 Å². The van der Waals surface area contributed by atoms with Gasteiger partial charge < -0.3 is 31.6 Å². The van der Waals surface area contributed by atoms with Gasteiger partial charge in [-0.3, -0.25) is 9.59 Å². The Morgan fingerprint density at radius 1 is 0.540 bits per heavy atom. The van der Waals surface area contributed by atoms with Crippen LogP contribution in [0.1, 0.15) is 35.1 Å². The van der Waals surface area contributed by atoms with Gasteiger partial charge in [0.05, 0.1) is 11.1 Å². The topological polar surface area (TPSA) is 163 Å². The van der Waals surface area contributed by atoms with Gasteiger partial charge in [0.1, 0.15) is 0 Å². The van der Waals surface area contributed by atoms with E-state index < -0.39 is 58.9 Å². The van der Waals surface area contributed by atoms with Gasteiger partial charge in [0.25, 0.3) is 11.8 Å². The molecule has 0 aromatic heterocycles. The molecule has 0 aliphatic carbocycles. The molecule has 2 fully saturated rings. The molecule has 0 radical (unpaired) electrons. The summed E-state index contributed by atoms with van der Waals surface area (Å²) in [6.45, 7) is 1.08. The fourth-order valence-electron chi connectivity index (χ4n) is 7.85. The fourth-order valence-corrected chi connectivity index (χ4v) is 7.85. The van der Waals surface area contributed by atoms with Gasteiger partial charge in [-0.2, -0.15) is 0 Å². The lowest BCUT2D eigenvalue weighted by molar-refractivity contribution is -0.156. The highest BCUT2D eigenvalue weighted by atomic mass is 16.6. The van der Waals surface area contributed by atoms with Crippen molar-refractivity contribution in [3.63, 3.8) is 0 Å². The molecular weight excluding hydrogens is 632 g/mol. The molecule has 0 bridgehead atoms. The monoisotopic (exact) mass is 672 g/mol. The van der Waals surface area contributed by atoms with Crippen LogP contribution in [0.2, 0.25) is 0 Å². The highest BCUT2D eigenvalue weighted by Gasteiger charge is 2.53. The number of benzene rings is 4. The third kappa shape index (κ3) is 6.55. The summed E-state index contributed by atoms with van der Waals surface area (Å²) in [6, 6.07) is 38.4. The summed E-state index contributed by atoms with van der Waals surface area (Å²) in [5.74, 6) is -4.69. The van der Waals surface area contributed by atoms with Crippen LogP contribution < -0.4 is 22.1 Å². The van der Waals surface area contributed by atoms with Crippen molar-refractivity contribution in [3.05, 3.63) is 156 Å². The Balaban J connectivity index is 1.22. The van der Waals surface area contributed by atoms with Crippen LogP contribution in [0.3, 0.4) is 0 Å². The zero-order chi connectivity index (χ0) is 35.1. The third-order valence-corrected chi connectivity index (χ3v) is 9.88. The van der Waals surface area contributed by atoms with E-state index in [0.29, 0.717) is 25.9 Å². The number of hydrogen-bond donors (Lipinski definition) is 4. The third-order valence-electron chi connectivity index (χ3n) is 9.88. The molecule has 6 N–H and O–H groups in total. The SMILES string of the molecule is NC(=O)C(OC(=O)/C=C\C(=O)OC(C(N)=O)C1CCNC1(c1ccccc1)c1ccccc1)C1CCNC1(c1ccccc1)c1ccccc1. The molecule has 4 aromatic rings. The number of nitrogens with one attached hydrogen (secondary N) is 2. The first-order valence-corrected chi connectivity index (χ1v) is 16.7. The van der Waals surface area contributed by atoms with Gasteiger partial charge in [-0.15, -0.1) is 0 Å². The highest BCUT2D eigenvalue weighted by molar-refractivity contribution is 5.94. The van der Waals surface area contributed by atoms with E-state index in [0.717, 1.165) is 34.4 Å². The maximum atomic E-state index is 13.2. The minimum atomic E-state index is -1.33. The summed E-state index contributed by atoms with van der Waals surface area (Å²) < 4.78 is 11.4. The molecule has 0 spiro atoms. The Kier molecular flexibility index (Phi) is 10.2. The molecule has 4 atom stereocenters. The molecule has 50 heavy (non-hydrogen) atoms. The summed E-state index contributed by atoms with van der Waals surface area (Å²) >= 11 is 0. The van der Waals surface area contributed by atoms with Gasteiger partial charge >= 0.3 is 11.9 Å². The predicted octanol–water partition coefficient (Wildman–Crippen LogP) is 3.44. The first-order valence-electron chi connectivity index (χ1n) is 16.7. The maximum Gasteiger partial charge on any atom is 0.331 e. The van der Waals surface area contributed by atoms with E-state index in [9.17, 15) is 19.2 Å². The van der Waals surface area contributed by atoms with Crippen molar-refractivity contribution in [3.8, 4) is 0 Å². The lowest BCUT2D eigenvalue weighted by atomic mass is 9.72. The van der Waals surface area contributed by atoms with Crippen LogP contribution in [0, 0.1) is 11.8 Å². The van der Waals surface area contributed by atoms with E-state index in [2.05, 4.69) is 10.6 Å². The smallest absolute Gasteiger partial charge is 0.331 e. The Morgan fingerprint density at radius 3 is 1.08 bits per heavy atom. The number of carbonyl (C=O) groups excluding carboxylic acids is 4. The van der Waals surface area contributed by atoms with Crippen molar-refractivity contribution in [2.75, 3.05) is 13.1 Å². The summed E-state index contributed by atoms with van der Waals surface area (Å²) in [6.07, 6.45) is 0.0469. The number of ether oxygens (including phenoxy) is 2. The second-order valence-corrected chi connectivity index (χ2v) is 12.6. The van der Waals surface area contributed by atoms with Crippen LogP contribution in [0.25, 0.3) is 0 Å². The van der Waals surface area contributed by atoms with Crippen molar-refractivity contribution in [1.29, 1.82) is 0 Å². The van der Waals surface area contributed by atoms with E-state index in [1.54, 1.807) is 0 Å². The number of hydrogen-bond acceptors (Lipinski definition) is 8. The Morgan fingerprint density at radius 2 is 0.820 bits per heavy atom. The molecule has 2 aliphatic rings. The average molecular weight is 673 g/mol. The highest BCUT2D eigenvalue weighted by Crippen LogP contribution is 2.46. The predicted molar refractivity (Wildman–Crippen MR) is 187 cm³/mol. The van der Waals surface area contributed by atoms with Gasteiger partial charge in [0.15, 0.2) is 12.2 Å². The number of rotatable bonds is 12. The van der Waals surface area contributed by atoms with Gasteiger partial charge in [-0.05, 0) is 48.2 Å². The largest absolute Gasteiger partial charge is 0.449 e. The molecule has 0 saturated carbocycles. The maximum absolute atomic E-state index is 13.2. The fraction of sp³-hybridized carbons (Fsp3) is 0.250. The first-order chi connectivity index (χ1) is 24.3. The minimum Gasteiger partial charge on any atom is -0.449 e. The van der Waals surface area contributed by atoms with Crippen LogP contribution in [0.4, 0.5) is 0 Å². The Bertz CT molecular complexity index is 1620. The number of amides is 2. The second-order valence-electron chi connectivity index (χ2n) is 12.6. The van der Waals surface area contributed by atoms with E-state index in [-0.39, 0.29) is 0 Å². The van der Waals surface area contributed by atoms with Crippen LogP contribution in [0.15, 0.2) is 133 Å². The lowest BCUT2D eigenvalue weighted by Crippen LogP contribution is -2.51. The molecular formula is C40H40N4O6. The number of carbonyl (C=O) groups is 4. The van der Waals surface area contributed by atoms with Gasteiger partial charge in [0, 0.05) is 24.0 Å². The van der Waals surface area contributed by atoms with Crippen LogP contribution in [0.5, 0.6) is 0 Å². The van der Waals surface area contributed by atoms with Crippen LogP contribution in [-0.2, 0) is 39.7 Å². The van der Waals surface area contributed by atoms with Gasteiger partial charge in [-0.1, -0.05) is 121 Å². The molecule has 2 aliphatic heterocycles. The normalized spacial score (nSPS) is 20.5. The molecule has 4 unspecified atom stereocenters. The van der Waals surface area contributed by atoms with Gasteiger partial charge in [0.2, 0.25) is 0 Å². The lowest BCUT2D eigenvalue weighted by Gasteiger charge is -2.39. The van der Waals surface area contributed by atoms with Crippen molar-refractivity contribution in [2.45, 2.75) is 36.1 Å². The molecule has 10 nitrogen and oxygen atoms in total. The van der Waals surface area contributed by atoms with Crippen molar-refractivity contribution in [1.82, 2.24) is 10.6 Å². The first kappa shape index (κ1) is 34.3. The summed E-state index contributed by atoms with van der Waals surface area (Å²) in [5.41, 5.74) is 13.5. The number of primary amides is 2. The quantitative estimate of drug-likeness (QED) is 0.131. The van der Waals surface area contributed by atoms with E-state index in [1.807, 2.05) is 121 Å². The number of esters is 2. The second kappa shape index (κ2) is 14.9. The van der Waals surface area contributed by atoms with E-state index in [1.165, 1.54) is 0 Å². The Labute approximate surface area is 290 Å². The van der Waals surface area contributed by atoms with Crippen molar-refractivity contribution >= 4 is 23.8 Å². The molecule has 10 heteroatoms. The van der Waals surface area contributed by atoms with Crippen LogP contribution in [-0.4, -0.2) is 49.1 Å².